The fourth-order valence-corrected chi connectivity index (χ4v) is 2.82. The Balaban J connectivity index is 2.15. The molecule has 0 bridgehead atoms. The molecule has 1 aliphatic carbocycles. The fraction of sp³-hybridized carbons (Fsp3) is 0.400. The van der Waals surface area contributed by atoms with Crippen molar-refractivity contribution >= 4 is 10.9 Å². The quantitative estimate of drug-likeness (QED) is 0.880. The summed E-state index contributed by atoms with van der Waals surface area (Å²) < 4.78 is 5.37. The van der Waals surface area contributed by atoms with Crippen LogP contribution in [-0.2, 0) is 5.54 Å². The number of benzene rings is 1. The predicted molar refractivity (Wildman–Crippen MR) is 72.6 cm³/mol. The average Bonchev–Trinajstić information content (AvgIpc) is 2.85. The van der Waals surface area contributed by atoms with Gasteiger partial charge < -0.3 is 10.5 Å². The summed E-state index contributed by atoms with van der Waals surface area (Å²) >= 11 is 0. The van der Waals surface area contributed by atoms with Crippen molar-refractivity contribution in [2.24, 2.45) is 5.73 Å². The Bertz CT molecular complexity index is 574. The predicted octanol–water partition coefficient (Wildman–Crippen LogP) is 2.97. The summed E-state index contributed by atoms with van der Waals surface area (Å²) in [5.41, 5.74) is 8.13. The smallest absolute Gasteiger partial charge is 0.145 e. The number of ether oxygens (including phenoxy) is 1. The van der Waals surface area contributed by atoms with Crippen molar-refractivity contribution in [3.05, 3.63) is 36.0 Å². The summed E-state index contributed by atoms with van der Waals surface area (Å²) in [6.45, 7) is 0. The van der Waals surface area contributed by atoms with Gasteiger partial charge in [0.05, 0.1) is 18.3 Å². The second kappa shape index (κ2) is 4.25. The maximum Gasteiger partial charge on any atom is 0.145 e. The van der Waals surface area contributed by atoms with Gasteiger partial charge in [-0.3, -0.25) is 0 Å². The lowest BCUT2D eigenvalue weighted by Gasteiger charge is -2.23. The summed E-state index contributed by atoms with van der Waals surface area (Å²) in [7, 11) is 1.68. The molecule has 3 heteroatoms. The summed E-state index contributed by atoms with van der Waals surface area (Å²) in [4.78, 5) is 4.75. The molecule has 1 aromatic heterocycles. The van der Waals surface area contributed by atoms with Crippen molar-refractivity contribution in [3.63, 3.8) is 0 Å². The third kappa shape index (κ3) is 1.75. The summed E-state index contributed by atoms with van der Waals surface area (Å²) in [5, 5.41) is 1.10. The molecule has 94 valence electrons. The third-order valence-electron chi connectivity index (χ3n) is 3.91. The zero-order valence-corrected chi connectivity index (χ0v) is 10.6. The number of methoxy groups -OCH3 is 1. The molecule has 1 aromatic carbocycles. The van der Waals surface area contributed by atoms with Crippen LogP contribution in [0.2, 0.25) is 0 Å². The van der Waals surface area contributed by atoms with Crippen LogP contribution in [0.15, 0.2) is 30.3 Å². The van der Waals surface area contributed by atoms with Gasteiger partial charge in [0.2, 0.25) is 0 Å². The van der Waals surface area contributed by atoms with Crippen molar-refractivity contribution in [3.8, 4) is 5.75 Å². The van der Waals surface area contributed by atoms with Crippen LogP contribution in [-0.4, -0.2) is 12.1 Å². The first-order valence-electron chi connectivity index (χ1n) is 6.46. The number of fused-ring (bicyclic) bond motifs is 1. The lowest BCUT2D eigenvalue weighted by atomic mass is 9.93. The van der Waals surface area contributed by atoms with Gasteiger partial charge in [0.1, 0.15) is 11.3 Å². The molecule has 1 fully saturated rings. The first-order valence-corrected chi connectivity index (χ1v) is 6.46. The van der Waals surface area contributed by atoms with Gasteiger partial charge in [-0.25, -0.2) is 4.98 Å². The van der Waals surface area contributed by atoms with E-state index in [0.717, 1.165) is 35.2 Å². The van der Waals surface area contributed by atoms with E-state index in [1.807, 2.05) is 18.2 Å². The summed E-state index contributed by atoms with van der Waals surface area (Å²) in [5.74, 6) is 0.816. The van der Waals surface area contributed by atoms with Gasteiger partial charge in [-0.2, -0.15) is 0 Å². The number of nitrogens with zero attached hydrogens (tertiary/aromatic N) is 1. The molecule has 1 aliphatic rings. The molecule has 0 unspecified atom stereocenters. The van der Waals surface area contributed by atoms with Gasteiger partial charge in [0, 0.05) is 5.39 Å². The molecule has 2 aromatic rings. The van der Waals surface area contributed by atoms with E-state index in [4.69, 9.17) is 15.5 Å². The van der Waals surface area contributed by atoms with Crippen LogP contribution >= 0.6 is 0 Å². The first kappa shape index (κ1) is 11.5. The molecule has 0 saturated heterocycles. The van der Waals surface area contributed by atoms with Crippen LogP contribution in [0.4, 0.5) is 0 Å². The third-order valence-corrected chi connectivity index (χ3v) is 3.91. The van der Waals surface area contributed by atoms with E-state index in [-0.39, 0.29) is 5.54 Å². The Hall–Kier alpha value is -1.61. The van der Waals surface area contributed by atoms with Crippen LogP contribution in [0.1, 0.15) is 31.4 Å². The van der Waals surface area contributed by atoms with Crippen LogP contribution in [0.25, 0.3) is 10.9 Å². The molecule has 0 amide bonds. The van der Waals surface area contributed by atoms with Crippen molar-refractivity contribution in [1.82, 2.24) is 4.98 Å². The standard InChI is InChI=1S/C15H18N2O/c1-18-12-6-4-5-11-7-8-13(17-14(11)12)15(16)9-2-3-10-15/h4-8H,2-3,9-10,16H2,1H3. The molecular weight excluding hydrogens is 224 g/mol. The van der Waals surface area contributed by atoms with Crippen LogP contribution in [0.5, 0.6) is 5.75 Å². The van der Waals surface area contributed by atoms with E-state index >= 15 is 0 Å². The zero-order chi connectivity index (χ0) is 12.6. The molecule has 1 heterocycles. The second-order valence-corrected chi connectivity index (χ2v) is 5.09. The van der Waals surface area contributed by atoms with Crippen molar-refractivity contribution in [2.45, 2.75) is 31.2 Å². The molecule has 1 saturated carbocycles. The molecule has 3 nitrogen and oxygen atoms in total. The highest BCUT2D eigenvalue weighted by Gasteiger charge is 2.32. The minimum atomic E-state index is -0.241. The molecule has 0 radical (unpaired) electrons. The molecule has 18 heavy (non-hydrogen) atoms. The molecule has 3 rings (SSSR count). The number of para-hydroxylation sites is 1. The highest BCUT2D eigenvalue weighted by molar-refractivity contribution is 5.84. The maximum atomic E-state index is 6.46. The lowest BCUT2D eigenvalue weighted by Crippen LogP contribution is -2.34. The number of rotatable bonds is 2. The van der Waals surface area contributed by atoms with E-state index in [1.165, 1.54) is 12.8 Å². The molecule has 0 spiro atoms. The topological polar surface area (TPSA) is 48.1 Å². The number of nitrogens with two attached hydrogens (primary N) is 1. The van der Waals surface area contributed by atoms with E-state index in [2.05, 4.69) is 12.1 Å². The number of aromatic nitrogens is 1. The van der Waals surface area contributed by atoms with Gasteiger partial charge in [0.15, 0.2) is 0 Å². The zero-order valence-electron chi connectivity index (χ0n) is 10.6. The van der Waals surface area contributed by atoms with E-state index in [0.29, 0.717) is 0 Å². The SMILES string of the molecule is COc1cccc2ccc(C3(N)CCCC3)nc12. The van der Waals surface area contributed by atoms with E-state index < -0.39 is 0 Å². The molecule has 0 atom stereocenters. The summed E-state index contributed by atoms with van der Waals surface area (Å²) in [6.07, 6.45) is 4.45. The van der Waals surface area contributed by atoms with E-state index in [1.54, 1.807) is 7.11 Å². The van der Waals surface area contributed by atoms with Crippen LogP contribution in [0, 0.1) is 0 Å². The van der Waals surface area contributed by atoms with Gasteiger partial charge >= 0.3 is 0 Å². The highest BCUT2D eigenvalue weighted by Crippen LogP contribution is 2.36. The Morgan fingerprint density at radius 2 is 1.94 bits per heavy atom. The van der Waals surface area contributed by atoms with Crippen molar-refractivity contribution in [2.75, 3.05) is 7.11 Å². The van der Waals surface area contributed by atoms with Gasteiger partial charge in [-0.05, 0) is 25.0 Å². The maximum absolute atomic E-state index is 6.46. The fourth-order valence-electron chi connectivity index (χ4n) is 2.82. The second-order valence-electron chi connectivity index (χ2n) is 5.09. The molecule has 2 N–H and O–H groups in total. The van der Waals surface area contributed by atoms with Crippen LogP contribution in [0.3, 0.4) is 0 Å². The number of hydrogen-bond acceptors (Lipinski definition) is 3. The van der Waals surface area contributed by atoms with E-state index in [9.17, 15) is 0 Å². The monoisotopic (exact) mass is 242 g/mol. The Kier molecular flexibility index (Phi) is 2.71. The van der Waals surface area contributed by atoms with Crippen molar-refractivity contribution in [1.29, 1.82) is 0 Å². The normalized spacial score (nSPS) is 18.1. The number of hydrogen-bond donors (Lipinski definition) is 1. The average molecular weight is 242 g/mol. The lowest BCUT2D eigenvalue weighted by molar-refractivity contribution is 0.417. The van der Waals surface area contributed by atoms with Crippen LogP contribution < -0.4 is 10.5 Å². The minimum Gasteiger partial charge on any atom is -0.494 e. The van der Waals surface area contributed by atoms with Gasteiger partial charge in [-0.15, -0.1) is 0 Å². The Labute approximate surface area is 107 Å². The van der Waals surface area contributed by atoms with Gasteiger partial charge in [-0.1, -0.05) is 31.0 Å². The first-order chi connectivity index (χ1) is 8.73. The Morgan fingerprint density at radius 1 is 1.17 bits per heavy atom. The number of pyridine rings is 1. The highest BCUT2D eigenvalue weighted by atomic mass is 16.5. The van der Waals surface area contributed by atoms with Gasteiger partial charge in [0.25, 0.3) is 0 Å². The minimum absolute atomic E-state index is 0.241. The molecular formula is C15H18N2O. The Morgan fingerprint density at radius 3 is 2.67 bits per heavy atom. The largest absolute Gasteiger partial charge is 0.494 e. The molecule has 0 aliphatic heterocycles. The summed E-state index contributed by atoms with van der Waals surface area (Å²) in [6, 6.07) is 10.1. The van der Waals surface area contributed by atoms with Crippen molar-refractivity contribution < 1.29 is 4.74 Å².